The fourth-order valence-electron chi connectivity index (χ4n) is 1.99. The zero-order valence-electron chi connectivity index (χ0n) is 11.8. The molecule has 0 amide bonds. The van der Waals surface area contributed by atoms with Crippen molar-refractivity contribution < 1.29 is 4.42 Å². The van der Waals surface area contributed by atoms with Crippen molar-refractivity contribution >= 4 is 11.8 Å². The molecule has 1 aromatic heterocycles. The molecule has 1 unspecified atom stereocenters. The van der Waals surface area contributed by atoms with Crippen molar-refractivity contribution in [3.63, 3.8) is 0 Å². The summed E-state index contributed by atoms with van der Waals surface area (Å²) in [5.74, 6) is 0.969. The van der Waals surface area contributed by atoms with E-state index in [0.717, 1.165) is 18.6 Å². The number of nitrogens with two attached hydrogens (primary N) is 1. The third-order valence-corrected chi connectivity index (χ3v) is 4.52. The Morgan fingerprint density at radius 2 is 2.00 bits per heavy atom. The van der Waals surface area contributed by atoms with Crippen LogP contribution in [0.15, 0.2) is 44.7 Å². The molecule has 0 aliphatic rings. The van der Waals surface area contributed by atoms with E-state index in [0.29, 0.717) is 0 Å². The van der Waals surface area contributed by atoms with Crippen LogP contribution in [0.4, 0.5) is 0 Å². The second-order valence-electron chi connectivity index (χ2n) is 4.93. The van der Waals surface area contributed by atoms with Crippen LogP contribution in [0, 0.1) is 13.8 Å². The molecule has 0 radical (unpaired) electrons. The average molecular weight is 275 g/mol. The second-order valence-corrected chi connectivity index (χ2v) is 6.01. The first-order chi connectivity index (χ1) is 9.10. The van der Waals surface area contributed by atoms with Gasteiger partial charge in [0.15, 0.2) is 0 Å². The molecule has 0 saturated heterocycles. The van der Waals surface area contributed by atoms with Gasteiger partial charge >= 0.3 is 0 Å². The molecule has 3 heteroatoms. The van der Waals surface area contributed by atoms with Crippen molar-refractivity contribution in [2.24, 2.45) is 5.73 Å². The van der Waals surface area contributed by atoms with Crippen LogP contribution in [0.5, 0.6) is 0 Å². The van der Waals surface area contributed by atoms with E-state index in [1.54, 1.807) is 18.0 Å². The lowest BCUT2D eigenvalue weighted by Gasteiger charge is -2.13. The molecule has 0 aliphatic carbocycles. The molecule has 2 nitrogen and oxygen atoms in total. The van der Waals surface area contributed by atoms with Gasteiger partial charge in [0.05, 0.1) is 11.2 Å². The minimum Gasteiger partial charge on any atom is -0.468 e. The van der Waals surface area contributed by atoms with E-state index in [1.165, 1.54) is 20.9 Å². The van der Waals surface area contributed by atoms with E-state index in [4.69, 9.17) is 10.2 Å². The van der Waals surface area contributed by atoms with Crippen LogP contribution < -0.4 is 5.73 Å². The Morgan fingerprint density at radius 3 is 2.63 bits per heavy atom. The summed E-state index contributed by atoms with van der Waals surface area (Å²) in [5, 5.41) is 0. The molecular weight excluding hydrogens is 254 g/mol. The third-order valence-electron chi connectivity index (χ3n) is 3.25. The monoisotopic (exact) mass is 275 g/mol. The summed E-state index contributed by atoms with van der Waals surface area (Å²) >= 11 is 1.76. The summed E-state index contributed by atoms with van der Waals surface area (Å²) in [4.78, 5) is 2.45. The standard InChI is InChI=1S/C16H21NOS/c1-4-14(17)10-13-9-11(2)5-6-16(13)19-15-7-8-18-12(15)3/h5-9,14H,4,10,17H2,1-3H3. The quantitative estimate of drug-likeness (QED) is 0.883. The predicted molar refractivity (Wildman–Crippen MR) is 80.7 cm³/mol. The molecule has 1 atom stereocenters. The Balaban J connectivity index is 2.26. The normalized spacial score (nSPS) is 12.6. The van der Waals surface area contributed by atoms with Gasteiger partial charge in [-0.2, -0.15) is 0 Å². The fraction of sp³-hybridized carbons (Fsp3) is 0.375. The second kappa shape index (κ2) is 6.31. The van der Waals surface area contributed by atoms with Crippen molar-refractivity contribution in [1.29, 1.82) is 0 Å². The Hall–Kier alpha value is -1.19. The van der Waals surface area contributed by atoms with E-state index < -0.39 is 0 Å². The van der Waals surface area contributed by atoms with Crippen molar-refractivity contribution in [3.8, 4) is 0 Å². The van der Waals surface area contributed by atoms with Gasteiger partial charge in [0.25, 0.3) is 0 Å². The first kappa shape index (κ1) is 14.2. The van der Waals surface area contributed by atoms with E-state index in [2.05, 4.69) is 32.0 Å². The lowest BCUT2D eigenvalue weighted by atomic mass is 10.0. The zero-order valence-corrected chi connectivity index (χ0v) is 12.6. The predicted octanol–water partition coefficient (Wildman–Crippen LogP) is 4.33. The van der Waals surface area contributed by atoms with Crippen molar-refractivity contribution in [3.05, 3.63) is 47.4 Å². The number of aryl methyl sites for hydroxylation is 2. The van der Waals surface area contributed by atoms with Crippen LogP contribution in [0.2, 0.25) is 0 Å². The van der Waals surface area contributed by atoms with Gasteiger partial charge in [0.1, 0.15) is 5.76 Å². The zero-order chi connectivity index (χ0) is 13.8. The summed E-state index contributed by atoms with van der Waals surface area (Å²) in [7, 11) is 0. The van der Waals surface area contributed by atoms with Crippen LogP contribution in [-0.4, -0.2) is 6.04 Å². The summed E-state index contributed by atoms with van der Waals surface area (Å²) in [6, 6.07) is 8.83. The summed E-state index contributed by atoms with van der Waals surface area (Å²) in [6.45, 7) is 6.25. The Kier molecular flexibility index (Phi) is 4.72. The van der Waals surface area contributed by atoms with Crippen molar-refractivity contribution in [2.75, 3.05) is 0 Å². The third kappa shape index (κ3) is 3.64. The molecule has 102 valence electrons. The molecule has 2 aromatic rings. The number of hydrogen-bond acceptors (Lipinski definition) is 3. The van der Waals surface area contributed by atoms with Gasteiger partial charge in [-0.05, 0) is 44.4 Å². The number of rotatable bonds is 5. The Labute approximate surface area is 119 Å². The van der Waals surface area contributed by atoms with Crippen LogP contribution >= 0.6 is 11.8 Å². The highest BCUT2D eigenvalue weighted by Gasteiger charge is 2.11. The molecule has 19 heavy (non-hydrogen) atoms. The molecular formula is C16H21NOS. The molecule has 0 saturated carbocycles. The molecule has 0 aliphatic heterocycles. The van der Waals surface area contributed by atoms with Gasteiger partial charge in [0.2, 0.25) is 0 Å². The molecule has 1 aromatic carbocycles. The topological polar surface area (TPSA) is 39.2 Å². The number of hydrogen-bond donors (Lipinski definition) is 1. The molecule has 0 bridgehead atoms. The number of furan rings is 1. The lowest BCUT2D eigenvalue weighted by molar-refractivity contribution is 0.527. The van der Waals surface area contributed by atoms with Crippen LogP contribution in [0.3, 0.4) is 0 Å². The minimum absolute atomic E-state index is 0.228. The number of benzene rings is 1. The first-order valence-electron chi connectivity index (χ1n) is 6.67. The summed E-state index contributed by atoms with van der Waals surface area (Å²) in [6.07, 6.45) is 3.67. The highest BCUT2D eigenvalue weighted by molar-refractivity contribution is 7.99. The maximum atomic E-state index is 6.10. The van der Waals surface area contributed by atoms with Crippen LogP contribution in [-0.2, 0) is 6.42 Å². The largest absolute Gasteiger partial charge is 0.468 e. The summed E-state index contributed by atoms with van der Waals surface area (Å²) in [5.41, 5.74) is 8.72. The van der Waals surface area contributed by atoms with Crippen LogP contribution in [0.1, 0.15) is 30.2 Å². The average Bonchev–Trinajstić information content (AvgIpc) is 2.78. The minimum atomic E-state index is 0.228. The maximum Gasteiger partial charge on any atom is 0.114 e. The van der Waals surface area contributed by atoms with Gasteiger partial charge in [-0.3, -0.25) is 0 Å². The maximum absolute atomic E-state index is 6.10. The SMILES string of the molecule is CCC(N)Cc1cc(C)ccc1Sc1ccoc1C. The molecule has 2 N–H and O–H groups in total. The smallest absolute Gasteiger partial charge is 0.114 e. The Bertz CT molecular complexity index is 547. The van der Waals surface area contributed by atoms with Gasteiger partial charge in [-0.25, -0.2) is 0 Å². The van der Waals surface area contributed by atoms with Gasteiger partial charge in [0, 0.05) is 10.9 Å². The fourth-order valence-corrected chi connectivity index (χ4v) is 2.95. The molecule has 1 heterocycles. The highest BCUT2D eigenvalue weighted by atomic mass is 32.2. The van der Waals surface area contributed by atoms with Crippen LogP contribution in [0.25, 0.3) is 0 Å². The van der Waals surface area contributed by atoms with E-state index in [-0.39, 0.29) is 6.04 Å². The molecule has 2 rings (SSSR count). The van der Waals surface area contributed by atoms with E-state index in [9.17, 15) is 0 Å². The first-order valence-corrected chi connectivity index (χ1v) is 7.49. The summed E-state index contributed by atoms with van der Waals surface area (Å²) < 4.78 is 5.36. The highest BCUT2D eigenvalue weighted by Crippen LogP contribution is 2.34. The lowest BCUT2D eigenvalue weighted by Crippen LogP contribution is -2.21. The van der Waals surface area contributed by atoms with E-state index >= 15 is 0 Å². The Morgan fingerprint density at radius 1 is 1.21 bits per heavy atom. The molecule has 0 fully saturated rings. The van der Waals surface area contributed by atoms with Gasteiger partial charge in [-0.1, -0.05) is 36.4 Å². The van der Waals surface area contributed by atoms with Gasteiger partial charge in [-0.15, -0.1) is 0 Å². The van der Waals surface area contributed by atoms with Crippen molar-refractivity contribution in [2.45, 2.75) is 49.4 Å². The van der Waals surface area contributed by atoms with Gasteiger partial charge < -0.3 is 10.2 Å². The molecule has 0 spiro atoms. The van der Waals surface area contributed by atoms with Crippen molar-refractivity contribution in [1.82, 2.24) is 0 Å². The van der Waals surface area contributed by atoms with E-state index in [1.807, 2.05) is 13.0 Å².